The number of carbonyl (C=O) groups excluding carboxylic acids is 2. The molecule has 154 valence electrons. The minimum Gasteiger partial charge on any atom is -0.425 e. The van der Waals surface area contributed by atoms with E-state index in [1.165, 1.54) is 0 Å². The van der Waals surface area contributed by atoms with Gasteiger partial charge >= 0.3 is 11.9 Å². The number of hydrogen-bond acceptors (Lipinski definition) is 6. The maximum Gasteiger partial charge on any atom is 0.311 e. The molecule has 0 radical (unpaired) electrons. The van der Waals surface area contributed by atoms with Crippen molar-refractivity contribution in [1.29, 1.82) is 0 Å². The van der Waals surface area contributed by atoms with Gasteiger partial charge in [-0.05, 0) is 12.8 Å². The lowest BCUT2D eigenvalue weighted by molar-refractivity contribution is -0.135. The molecule has 3 aromatic carbocycles. The summed E-state index contributed by atoms with van der Waals surface area (Å²) in [5.41, 5.74) is 0. The Labute approximate surface area is 173 Å². The second-order valence-electron chi connectivity index (χ2n) is 7.69. The molecule has 0 saturated carbocycles. The maximum absolute atomic E-state index is 12.5. The van der Waals surface area contributed by atoms with E-state index in [2.05, 4.69) is 0 Å². The molecule has 2 saturated heterocycles. The van der Waals surface area contributed by atoms with Gasteiger partial charge in [0.2, 0.25) is 0 Å². The smallest absolute Gasteiger partial charge is 0.311 e. The first-order chi connectivity index (χ1) is 14.7. The van der Waals surface area contributed by atoms with Gasteiger partial charge < -0.3 is 18.9 Å². The lowest BCUT2D eigenvalue weighted by atomic mass is 10.0. The summed E-state index contributed by atoms with van der Waals surface area (Å²) in [6, 6.07) is 15.0. The number of epoxide rings is 2. The highest BCUT2D eigenvalue weighted by molar-refractivity contribution is 6.12. The van der Waals surface area contributed by atoms with E-state index in [-0.39, 0.29) is 24.1 Å². The Kier molecular flexibility index (Phi) is 5.11. The monoisotopic (exact) mass is 406 g/mol. The van der Waals surface area contributed by atoms with E-state index < -0.39 is 0 Å². The Bertz CT molecular complexity index is 968. The molecule has 0 aliphatic carbocycles. The molecular formula is C24H22O6. The molecule has 2 unspecified atom stereocenters. The van der Waals surface area contributed by atoms with Crippen molar-refractivity contribution < 1.29 is 28.5 Å². The van der Waals surface area contributed by atoms with Gasteiger partial charge in [0.25, 0.3) is 0 Å². The second-order valence-corrected chi connectivity index (χ2v) is 7.69. The number of benzene rings is 3. The molecule has 2 aliphatic rings. The van der Waals surface area contributed by atoms with Crippen molar-refractivity contribution in [2.24, 2.45) is 0 Å². The predicted octanol–water partition coefficient (Wildman–Crippen LogP) is 4.16. The first kappa shape index (κ1) is 19.0. The highest BCUT2D eigenvalue weighted by atomic mass is 16.6. The van der Waals surface area contributed by atoms with Gasteiger partial charge in [0.1, 0.15) is 11.5 Å². The number of carbonyl (C=O) groups is 2. The fourth-order valence-electron chi connectivity index (χ4n) is 3.63. The van der Waals surface area contributed by atoms with Crippen molar-refractivity contribution in [3.05, 3.63) is 48.5 Å². The first-order valence-electron chi connectivity index (χ1n) is 10.3. The van der Waals surface area contributed by atoms with E-state index in [1.807, 2.05) is 48.5 Å². The van der Waals surface area contributed by atoms with Crippen molar-refractivity contribution in [2.45, 2.75) is 37.9 Å². The number of hydrogen-bond donors (Lipinski definition) is 0. The molecule has 0 aromatic heterocycles. The summed E-state index contributed by atoms with van der Waals surface area (Å²) in [5.74, 6) is 0.396. The predicted molar refractivity (Wildman–Crippen MR) is 111 cm³/mol. The Morgan fingerprint density at radius 1 is 0.700 bits per heavy atom. The van der Waals surface area contributed by atoms with Gasteiger partial charge in [-0.15, -0.1) is 0 Å². The molecular weight excluding hydrogens is 384 g/mol. The SMILES string of the molecule is O=C(CCC1CO1)Oc1c2ccccc2c(OC(=O)CCC2CO2)c2ccccc12. The van der Waals surface area contributed by atoms with Crippen LogP contribution < -0.4 is 9.47 Å². The Balaban J connectivity index is 1.51. The van der Waals surface area contributed by atoms with Crippen LogP contribution >= 0.6 is 0 Å². The van der Waals surface area contributed by atoms with Crippen LogP contribution in [0.4, 0.5) is 0 Å². The summed E-state index contributed by atoms with van der Waals surface area (Å²) in [6.07, 6.45) is 2.27. The summed E-state index contributed by atoms with van der Waals surface area (Å²) >= 11 is 0. The fraction of sp³-hybridized carbons (Fsp3) is 0.333. The zero-order chi connectivity index (χ0) is 20.5. The van der Waals surface area contributed by atoms with Gasteiger partial charge in [-0.3, -0.25) is 9.59 Å². The van der Waals surface area contributed by atoms with Gasteiger partial charge in [-0.1, -0.05) is 48.5 Å². The summed E-state index contributed by atoms with van der Waals surface area (Å²) in [5, 5.41) is 2.95. The van der Waals surface area contributed by atoms with Crippen molar-refractivity contribution in [3.63, 3.8) is 0 Å². The van der Waals surface area contributed by atoms with E-state index in [9.17, 15) is 9.59 Å². The van der Waals surface area contributed by atoms with Crippen molar-refractivity contribution in [3.8, 4) is 11.5 Å². The third kappa shape index (κ3) is 4.15. The zero-order valence-corrected chi connectivity index (χ0v) is 16.5. The standard InChI is InChI=1S/C24H22O6/c25-21(11-9-15-13-27-15)29-23-17-5-1-2-6-18(17)24(20-8-4-3-7-19(20)23)30-22(26)12-10-16-14-28-16/h1-8,15-16H,9-14H2. The van der Waals surface area contributed by atoms with Gasteiger partial charge in [-0.25, -0.2) is 0 Å². The van der Waals surface area contributed by atoms with Crippen LogP contribution in [0.5, 0.6) is 11.5 Å². The quantitative estimate of drug-likeness (QED) is 0.242. The normalized spacial score (nSPS) is 19.6. The summed E-state index contributed by atoms with van der Waals surface area (Å²) in [6.45, 7) is 1.43. The van der Waals surface area contributed by atoms with E-state index >= 15 is 0 Å². The van der Waals surface area contributed by atoms with Crippen LogP contribution in [0.3, 0.4) is 0 Å². The summed E-state index contributed by atoms with van der Waals surface area (Å²) in [4.78, 5) is 24.9. The summed E-state index contributed by atoms with van der Waals surface area (Å²) in [7, 11) is 0. The molecule has 5 rings (SSSR count). The molecule has 0 amide bonds. The maximum atomic E-state index is 12.5. The molecule has 30 heavy (non-hydrogen) atoms. The topological polar surface area (TPSA) is 77.7 Å². The Morgan fingerprint density at radius 3 is 1.33 bits per heavy atom. The Hall–Kier alpha value is -2.96. The van der Waals surface area contributed by atoms with Crippen LogP contribution in [-0.4, -0.2) is 37.4 Å². The molecule has 2 fully saturated rings. The van der Waals surface area contributed by atoms with Crippen LogP contribution in [0.15, 0.2) is 48.5 Å². The third-order valence-corrected chi connectivity index (χ3v) is 5.41. The van der Waals surface area contributed by atoms with E-state index in [4.69, 9.17) is 18.9 Å². The number of ether oxygens (including phenoxy) is 4. The lowest BCUT2D eigenvalue weighted by Crippen LogP contribution is -2.11. The van der Waals surface area contributed by atoms with Gasteiger partial charge in [0.05, 0.1) is 25.4 Å². The minimum absolute atomic E-state index is 0.175. The van der Waals surface area contributed by atoms with Gasteiger partial charge in [0, 0.05) is 34.4 Å². The first-order valence-corrected chi connectivity index (χ1v) is 10.3. The van der Waals surface area contributed by atoms with Crippen LogP contribution in [0, 0.1) is 0 Å². The molecule has 0 spiro atoms. The largest absolute Gasteiger partial charge is 0.425 e. The van der Waals surface area contributed by atoms with Crippen LogP contribution in [0.1, 0.15) is 25.7 Å². The number of esters is 2. The average molecular weight is 406 g/mol. The van der Waals surface area contributed by atoms with E-state index in [0.29, 0.717) is 50.4 Å². The van der Waals surface area contributed by atoms with Crippen LogP contribution in [-0.2, 0) is 19.1 Å². The van der Waals surface area contributed by atoms with Crippen LogP contribution in [0.25, 0.3) is 21.5 Å². The number of rotatable bonds is 8. The van der Waals surface area contributed by atoms with Crippen molar-refractivity contribution in [2.75, 3.05) is 13.2 Å². The molecule has 6 nitrogen and oxygen atoms in total. The molecule has 2 atom stereocenters. The molecule has 2 heterocycles. The highest BCUT2D eigenvalue weighted by Crippen LogP contribution is 2.43. The molecule has 2 aliphatic heterocycles. The average Bonchev–Trinajstić information content (AvgIpc) is 3.68. The fourth-order valence-corrected chi connectivity index (χ4v) is 3.63. The number of fused-ring (bicyclic) bond motifs is 2. The van der Waals surface area contributed by atoms with E-state index in [0.717, 1.165) is 21.5 Å². The third-order valence-electron chi connectivity index (χ3n) is 5.41. The van der Waals surface area contributed by atoms with Gasteiger partial charge in [-0.2, -0.15) is 0 Å². The molecule has 6 heteroatoms. The minimum atomic E-state index is -0.296. The molecule has 3 aromatic rings. The highest BCUT2D eigenvalue weighted by Gasteiger charge is 2.26. The van der Waals surface area contributed by atoms with Crippen molar-refractivity contribution >= 4 is 33.5 Å². The molecule has 0 N–H and O–H groups in total. The van der Waals surface area contributed by atoms with E-state index in [1.54, 1.807) is 0 Å². The molecule has 0 bridgehead atoms. The van der Waals surface area contributed by atoms with Crippen LogP contribution in [0.2, 0.25) is 0 Å². The lowest BCUT2D eigenvalue weighted by Gasteiger charge is -2.16. The van der Waals surface area contributed by atoms with Crippen molar-refractivity contribution in [1.82, 2.24) is 0 Å². The van der Waals surface area contributed by atoms with Gasteiger partial charge in [0.15, 0.2) is 0 Å². The summed E-state index contributed by atoms with van der Waals surface area (Å²) < 4.78 is 22.0. The zero-order valence-electron chi connectivity index (χ0n) is 16.5. The second kappa shape index (κ2) is 8.05. The Morgan fingerprint density at radius 2 is 1.03 bits per heavy atom.